The molecule has 0 spiro atoms. The number of aromatic amines is 1. The molecule has 1 aromatic heterocycles. The molecule has 1 saturated carbocycles. The summed E-state index contributed by atoms with van der Waals surface area (Å²) in [5, 5.41) is 1.23. The highest BCUT2D eigenvalue weighted by Crippen LogP contribution is 2.40. The molecule has 1 nitrogen and oxygen atoms in total. The van der Waals surface area contributed by atoms with Crippen molar-refractivity contribution in [2.45, 2.75) is 57.0 Å². The van der Waals surface area contributed by atoms with Gasteiger partial charge in [-0.05, 0) is 60.7 Å². The van der Waals surface area contributed by atoms with Gasteiger partial charge in [0.1, 0.15) is 0 Å². The van der Waals surface area contributed by atoms with Gasteiger partial charge in [0.25, 0.3) is 0 Å². The predicted molar refractivity (Wildman–Crippen MR) is 107 cm³/mol. The Morgan fingerprint density at radius 3 is 2.54 bits per heavy atom. The topological polar surface area (TPSA) is 15.8 Å². The summed E-state index contributed by atoms with van der Waals surface area (Å²) in [4.78, 5) is 3.60. The number of H-pyrrole nitrogens is 1. The zero-order valence-electron chi connectivity index (χ0n) is 15.9. The van der Waals surface area contributed by atoms with E-state index in [4.69, 9.17) is 0 Å². The standard InChI is InChI=1S/C24H26F3N/c25-24(26,27)20-10-6-7-17(15-20)13-14-18-8-2-1-3-11-21(18)23-16-19-9-4-5-12-22(19)28-23/h4-7,9-10,12,15-16,18,21,28H,1-3,8,11,13-14H2/t18-,21?/m0/s1. The van der Waals surface area contributed by atoms with Crippen molar-refractivity contribution in [3.05, 3.63) is 71.4 Å². The first-order valence-electron chi connectivity index (χ1n) is 10.2. The monoisotopic (exact) mass is 385 g/mol. The number of alkyl halides is 3. The number of aryl methyl sites for hydroxylation is 1. The van der Waals surface area contributed by atoms with Gasteiger partial charge in [0.2, 0.25) is 0 Å². The molecule has 0 aliphatic heterocycles. The van der Waals surface area contributed by atoms with E-state index in [1.807, 2.05) is 12.1 Å². The molecule has 1 N–H and O–H groups in total. The molecule has 2 aromatic carbocycles. The minimum absolute atomic E-state index is 0.459. The zero-order chi connectivity index (χ0) is 19.6. The van der Waals surface area contributed by atoms with Crippen LogP contribution in [0.25, 0.3) is 10.9 Å². The number of rotatable bonds is 4. The average molecular weight is 385 g/mol. The Hall–Kier alpha value is -2.23. The molecule has 1 aliphatic rings. The van der Waals surface area contributed by atoms with Gasteiger partial charge in [-0.1, -0.05) is 55.7 Å². The molecule has 0 bridgehead atoms. The molecule has 28 heavy (non-hydrogen) atoms. The lowest BCUT2D eigenvalue weighted by Crippen LogP contribution is -2.13. The number of halogens is 3. The lowest BCUT2D eigenvalue weighted by Gasteiger charge is -2.24. The maximum atomic E-state index is 13.0. The number of hydrogen-bond donors (Lipinski definition) is 1. The summed E-state index contributed by atoms with van der Waals surface area (Å²) in [6.07, 6.45) is 3.35. The summed E-state index contributed by atoms with van der Waals surface area (Å²) < 4.78 is 39.0. The molecule has 4 rings (SSSR count). The van der Waals surface area contributed by atoms with Crippen LogP contribution in [0, 0.1) is 5.92 Å². The zero-order valence-corrected chi connectivity index (χ0v) is 15.9. The van der Waals surface area contributed by atoms with Crippen LogP contribution in [0.15, 0.2) is 54.6 Å². The number of nitrogens with one attached hydrogen (secondary N) is 1. The molecule has 0 saturated heterocycles. The highest BCUT2D eigenvalue weighted by molar-refractivity contribution is 5.80. The second kappa shape index (κ2) is 8.02. The van der Waals surface area contributed by atoms with Gasteiger partial charge in [-0.15, -0.1) is 0 Å². The first kappa shape index (κ1) is 19.1. The van der Waals surface area contributed by atoms with Gasteiger partial charge in [0, 0.05) is 17.1 Å². The fourth-order valence-electron chi connectivity index (χ4n) is 4.69. The van der Waals surface area contributed by atoms with E-state index >= 15 is 0 Å². The van der Waals surface area contributed by atoms with Crippen molar-refractivity contribution in [3.8, 4) is 0 Å². The van der Waals surface area contributed by atoms with Crippen LogP contribution in [0.3, 0.4) is 0 Å². The molecule has 0 amide bonds. The molecule has 0 radical (unpaired) electrons. The number of fused-ring (bicyclic) bond motifs is 1. The minimum Gasteiger partial charge on any atom is -0.358 e. The first-order valence-corrected chi connectivity index (χ1v) is 10.2. The normalized spacial score (nSPS) is 21.0. The van der Waals surface area contributed by atoms with Crippen LogP contribution in [-0.4, -0.2) is 4.98 Å². The molecule has 4 heteroatoms. The van der Waals surface area contributed by atoms with Crippen LogP contribution in [0.2, 0.25) is 0 Å². The summed E-state index contributed by atoms with van der Waals surface area (Å²) in [7, 11) is 0. The molecule has 1 fully saturated rings. The SMILES string of the molecule is FC(F)(F)c1cccc(CC[C@@H]2CCCCCC2c2cc3ccccc3[nH]2)c1. The Labute approximate surface area is 164 Å². The van der Waals surface area contributed by atoms with Gasteiger partial charge in [-0.2, -0.15) is 13.2 Å². The number of benzene rings is 2. The Morgan fingerprint density at radius 1 is 0.893 bits per heavy atom. The van der Waals surface area contributed by atoms with E-state index in [0.717, 1.165) is 30.9 Å². The van der Waals surface area contributed by atoms with E-state index in [1.54, 1.807) is 0 Å². The van der Waals surface area contributed by atoms with Crippen LogP contribution in [0.1, 0.15) is 61.3 Å². The van der Waals surface area contributed by atoms with Crippen molar-refractivity contribution in [1.82, 2.24) is 4.98 Å². The molecule has 148 valence electrons. The Morgan fingerprint density at radius 2 is 1.71 bits per heavy atom. The molecule has 2 atom stereocenters. The van der Waals surface area contributed by atoms with Crippen LogP contribution in [-0.2, 0) is 12.6 Å². The number of hydrogen-bond acceptors (Lipinski definition) is 0. The third-order valence-corrected chi connectivity index (χ3v) is 6.17. The quantitative estimate of drug-likeness (QED) is 0.448. The Kier molecular flexibility index (Phi) is 5.47. The molecule has 1 heterocycles. The van der Waals surface area contributed by atoms with Crippen molar-refractivity contribution in [2.75, 3.05) is 0 Å². The van der Waals surface area contributed by atoms with Crippen LogP contribution >= 0.6 is 0 Å². The van der Waals surface area contributed by atoms with Crippen LogP contribution in [0.4, 0.5) is 13.2 Å². The molecule has 3 aromatic rings. The maximum Gasteiger partial charge on any atom is 0.416 e. The van der Waals surface area contributed by atoms with E-state index in [-0.39, 0.29) is 0 Å². The number of aromatic nitrogens is 1. The summed E-state index contributed by atoms with van der Waals surface area (Å²) in [5.74, 6) is 0.964. The van der Waals surface area contributed by atoms with E-state index in [9.17, 15) is 13.2 Å². The molecule has 1 unspecified atom stereocenters. The molecular weight excluding hydrogens is 359 g/mol. The summed E-state index contributed by atoms with van der Waals surface area (Å²) in [6, 6.07) is 16.4. The van der Waals surface area contributed by atoms with Gasteiger partial charge >= 0.3 is 6.18 Å². The van der Waals surface area contributed by atoms with E-state index in [0.29, 0.717) is 18.3 Å². The van der Waals surface area contributed by atoms with E-state index in [2.05, 4.69) is 29.2 Å². The lowest BCUT2D eigenvalue weighted by molar-refractivity contribution is -0.137. The Bertz CT molecular complexity index is 892. The van der Waals surface area contributed by atoms with Crippen molar-refractivity contribution in [2.24, 2.45) is 5.92 Å². The number of para-hydroxylation sites is 1. The fourth-order valence-corrected chi connectivity index (χ4v) is 4.69. The van der Waals surface area contributed by atoms with Crippen LogP contribution < -0.4 is 0 Å². The third kappa shape index (κ3) is 4.26. The van der Waals surface area contributed by atoms with Crippen molar-refractivity contribution < 1.29 is 13.2 Å². The molecular formula is C24H26F3N. The third-order valence-electron chi connectivity index (χ3n) is 6.17. The Balaban J connectivity index is 1.52. The maximum absolute atomic E-state index is 13.0. The highest BCUT2D eigenvalue weighted by Gasteiger charge is 2.31. The molecule has 1 aliphatic carbocycles. The highest BCUT2D eigenvalue weighted by atomic mass is 19.4. The van der Waals surface area contributed by atoms with Gasteiger partial charge in [-0.3, -0.25) is 0 Å². The van der Waals surface area contributed by atoms with Crippen molar-refractivity contribution >= 4 is 10.9 Å². The van der Waals surface area contributed by atoms with Crippen molar-refractivity contribution in [1.29, 1.82) is 0 Å². The average Bonchev–Trinajstić information content (AvgIpc) is 2.97. The van der Waals surface area contributed by atoms with Gasteiger partial charge < -0.3 is 4.98 Å². The van der Waals surface area contributed by atoms with Crippen molar-refractivity contribution in [3.63, 3.8) is 0 Å². The summed E-state index contributed by atoms with van der Waals surface area (Å²) >= 11 is 0. The van der Waals surface area contributed by atoms with Gasteiger partial charge in [-0.25, -0.2) is 0 Å². The predicted octanol–water partition coefficient (Wildman–Crippen LogP) is 7.48. The van der Waals surface area contributed by atoms with Gasteiger partial charge in [0.15, 0.2) is 0 Å². The second-order valence-electron chi connectivity index (χ2n) is 8.05. The fraction of sp³-hybridized carbons (Fsp3) is 0.417. The second-order valence-corrected chi connectivity index (χ2v) is 8.05. The van der Waals surface area contributed by atoms with Crippen LogP contribution in [0.5, 0.6) is 0 Å². The van der Waals surface area contributed by atoms with Gasteiger partial charge in [0.05, 0.1) is 5.56 Å². The largest absolute Gasteiger partial charge is 0.416 e. The smallest absolute Gasteiger partial charge is 0.358 e. The minimum atomic E-state index is -4.27. The van der Waals surface area contributed by atoms with E-state index < -0.39 is 11.7 Å². The summed E-state index contributed by atoms with van der Waals surface area (Å²) in [6.45, 7) is 0. The van der Waals surface area contributed by atoms with E-state index in [1.165, 1.54) is 48.0 Å². The first-order chi connectivity index (χ1) is 13.5. The summed E-state index contributed by atoms with van der Waals surface area (Å²) in [5.41, 5.74) is 2.70. The lowest BCUT2D eigenvalue weighted by atomic mass is 9.81.